The molecule has 7 nitrogen and oxygen atoms in total. The summed E-state index contributed by atoms with van der Waals surface area (Å²) in [6.45, 7) is 7.98. The lowest BCUT2D eigenvalue weighted by Crippen LogP contribution is -2.38. The molecule has 0 unspecified atom stereocenters. The van der Waals surface area contributed by atoms with Crippen LogP contribution in [0.1, 0.15) is 15.4 Å². The first-order valence-corrected chi connectivity index (χ1v) is 12.6. The second-order valence-electron chi connectivity index (χ2n) is 8.29. The number of amides is 1. The second-order valence-corrected chi connectivity index (χ2v) is 9.73. The van der Waals surface area contributed by atoms with Crippen LogP contribution in [0.3, 0.4) is 0 Å². The zero-order valence-electron chi connectivity index (χ0n) is 19.1. The molecule has 0 spiro atoms. The van der Waals surface area contributed by atoms with Crippen molar-refractivity contribution >= 4 is 45.9 Å². The van der Waals surface area contributed by atoms with Crippen LogP contribution in [0.15, 0.2) is 42.5 Å². The number of thiazole rings is 1. The van der Waals surface area contributed by atoms with Crippen molar-refractivity contribution in [3.05, 3.63) is 58.1 Å². The van der Waals surface area contributed by atoms with Crippen molar-refractivity contribution in [2.45, 2.75) is 6.92 Å². The summed E-state index contributed by atoms with van der Waals surface area (Å²) in [6, 6.07) is 13.8. The SMILES string of the molecule is Cc1nc(-c2ccc(Cl)cc2)sc1C(=O)Nc1ccc(N2CCOCC2)cc1N1CCOCC1. The van der Waals surface area contributed by atoms with E-state index >= 15 is 0 Å². The van der Waals surface area contributed by atoms with Gasteiger partial charge in [0.15, 0.2) is 0 Å². The van der Waals surface area contributed by atoms with Crippen LogP contribution in [0.25, 0.3) is 10.6 Å². The van der Waals surface area contributed by atoms with E-state index in [0.29, 0.717) is 28.8 Å². The van der Waals surface area contributed by atoms with E-state index in [0.717, 1.165) is 67.0 Å². The maximum Gasteiger partial charge on any atom is 0.267 e. The first kappa shape index (κ1) is 23.1. The minimum atomic E-state index is -0.149. The quantitative estimate of drug-likeness (QED) is 0.550. The third kappa shape index (κ3) is 5.05. The van der Waals surface area contributed by atoms with Gasteiger partial charge >= 0.3 is 0 Å². The van der Waals surface area contributed by atoms with Crippen molar-refractivity contribution in [3.8, 4) is 10.6 Å². The maximum absolute atomic E-state index is 13.3. The number of hydrogen-bond donors (Lipinski definition) is 1. The van der Waals surface area contributed by atoms with Crippen molar-refractivity contribution in [3.63, 3.8) is 0 Å². The van der Waals surface area contributed by atoms with Crippen LogP contribution in [0.5, 0.6) is 0 Å². The number of benzene rings is 2. The van der Waals surface area contributed by atoms with Crippen molar-refractivity contribution in [1.29, 1.82) is 0 Å². The number of carbonyl (C=O) groups is 1. The maximum atomic E-state index is 13.3. The lowest BCUT2D eigenvalue weighted by molar-refractivity contribution is 0.102. The highest BCUT2D eigenvalue weighted by atomic mass is 35.5. The number of ether oxygens (including phenoxy) is 2. The molecule has 1 N–H and O–H groups in total. The highest BCUT2D eigenvalue weighted by molar-refractivity contribution is 7.17. The summed E-state index contributed by atoms with van der Waals surface area (Å²) in [5.41, 5.74) is 4.61. The van der Waals surface area contributed by atoms with Gasteiger partial charge in [-0.3, -0.25) is 4.79 Å². The molecule has 3 aromatic rings. The number of aryl methyl sites for hydroxylation is 1. The smallest absolute Gasteiger partial charge is 0.267 e. The molecule has 1 aromatic heterocycles. The molecule has 2 aliphatic heterocycles. The predicted octanol–water partition coefficient (Wildman–Crippen LogP) is 4.70. The molecule has 2 aromatic carbocycles. The summed E-state index contributed by atoms with van der Waals surface area (Å²) < 4.78 is 11.1. The molecule has 2 saturated heterocycles. The molecule has 0 radical (unpaired) electrons. The lowest BCUT2D eigenvalue weighted by atomic mass is 10.1. The largest absolute Gasteiger partial charge is 0.378 e. The fourth-order valence-electron chi connectivity index (χ4n) is 4.21. The fourth-order valence-corrected chi connectivity index (χ4v) is 5.30. The first-order chi connectivity index (χ1) is 16.6. The number of anilines is 3. The number of hydrogen-bond acceptors (Lipinski definition) is 7. The summed E-state index contributed by atoms with van der Waals surface area (Å²) >= 11 is 7.40. The number of carbonyl (C=O) groups excluding carboxylic acids is 1. The van der Waals surface area contributed by atoms with Gasteiger partial charge in [-0.15, -0.1) is 11.3 Å². The van der Waals surface area contributed by atoms with Crippen LogP contribution in [-0.4, -0.2) is 63.5 Å². The molecule has 1 amide bonds. The second kappa shape index (κ2) is 10.3. The van der Waals surface area contributed by atoms with E-state index in [1.54, 1.807) is 0 Å². The molecule has 178 valence electrons. The van der Waals surface area contributed by atoms with Gasteiger partial charge in [0.25, 0.3) is 5.91 Å². The number of aromatic nitrogens is 1. The standard InChI is InChI=1S/C25H27ClN4O3S/c1-17-23(34-25(27-17)18-2-4-19(26)5-3-18)24(31)28-21-7-6-20(29-8-12-32-13-9-29)16-22(21)30-10-14-33-15-11-30/h2-7,16H,8-15H2,1H3,(H,28,31). The topological polar surface area (TPSA) is 66.9 Å². The first-order valence-electron chi connectivity index (χ1n) is 11.4. The Labute approximate surface area is 208 Å². The van der Waals surface area contributed by atoms with Crippen LogP contribution in [-0.2, 0) is 9.47 Å². The van der Waals surface area contributed by atoms with Gasteiger partial charge in [0.05, 0.1) is 43.5 Å². The minimum Gasteiger partial charge on any atom is -0.378 e. The molecule has 0 aliphatic carbocycles. The Hall–Kier alpha value is -2.65. The van der Waals surface area contributed by atoms with E-state index in [1.807, 2.05) is 37.3 Å². The van der Waals surface area contributed by atoms with Crippen LogP contribution >= 0.6 is 22.9 Å². The van der Waals surface area contributed by atoms with Crippen LogP contribution in [0.2, 0.25) is 5.02 Å². The van der Waals surface area contributed by atoms with Gasteiger partial charge in [-0.05, 0) is 37.3 Å². The molecular formula is C25H27ClN4O3S. The number of rotatable bonds is 5. The molecule has 5 rings (SSSR count). The monoisotopic (exact) mass is 498 g/mol. The Morgan fingerprint density at radius 1 is 0.971 bits per heavy atom. The average molecular weight is 499 g/mol. The molecule has 0 saturated carbocycles. The molecule has 2 aliphatic rings. The Bertz CT molecular complexity index is 1160. The predicted molar refractivity (Wildman–Crippen MR) is 138 cm³/mol. The highest BCUT2D eigenvalue weighted by Gasteiger charge is 2.22. The van der Waals surface area contributed by atoms with E-state index in [-0.39, 0.29) is 5.91 Å². The molecule has 0 atom stereocenters. The van der Waals surface area contributed by atoms with Gasteiger partial charge in [-0.1, -0.05) is 23.7 Å². The summed E-state index contributed by atoms with van der Waals surface area (Å²) in [6.07, 6.45) is 0. The van der Waals surface area contributed by atoms with E-state index in [1.165, 1.54) is 11.3 Å². The zero-order chi connectivity index (χ0) is 23.5. The van der Waals surface area contributed by atoms with Crippen LogP contribution in [0, 0.1) is 6.92 Å². The normalized spacial score (nSPS) is 16.5. The van der Waals surface area contributed by atoms with E-state index < -0.39 is 0 Å². The van der Waals surface area contributed by atoms with E-state index in [9.17, 15) is 4.79 Å². The van der Waals surface area contributed by atoms with Crippen molar-refractivity contribution in [1.82, 2.24) is 4.98 Å². The number of halogens is 1. The average Bonchev–Trinajstić information content (AvgIpc) is 3.27. The Balaban J connectivity index is 1.41. The summed E-state index contributed by atoms with van der Waals surface area (Å²) in [7, 11) is 0. The molecule has 9 heteroatoms. The molecule has 2 fully saturated rings. The van der Waals surface area contributed by atoms with Crippen LogP contribution < -0.4 is 15.1 Å². The highest BCUT2D eigenvalue weighted by Crippen LogP contribution is 2.34. The van der Waals surface area contributed by atoms with Crippen molar-refractivity contribution in [2.24, 2.45) is 0 Å². The van der Waals surface area contributed by atoms with Gasteiger partial charge < -0.3 is 24.6 Å². The third-order valence-electron chi connectivity index (χ3n) is 6.05. The number of nitrogens with zero attached hydrogens (tertiary/aromatic N) is 3. The fraction of sp³-hybridized carbons (Fsp3) is 0.360. The minimum absolute atomic E-state index is 0.149. The number of morpholine rings is 2. The molecule has 3 heterocycles. The Morgan fingerprint density at radius 2 is 1.62 bits per heavy atom. The van der Waals surface area contributed by atoms with Gasteiger partial charge in [0.1, 0.15) is 9.88 Å². The number of nitrogens with one attached hydrogen (secondary N) is 1. The molecule has 0 bridgehead atoms. The Kier molecular flexibility index (Phi) is 7.01. The van der Waals surface area contributed by atoms with Gasteiger partial charge in [0.2, 0.25) is 0 Å². The van der Waals surface area contributed by atoms with Crippen molar-refractivity contribution < 1.29 is 14.3 Å². The van der Waals surface area contributed by atoms with Crippen LogP contribution in [0.4, 0.5) is 17.1 Å². The van der Waals surface area contributed by atoms with Gasteiger partial charge in [0, 0.05) is 42.5 Å². The summed E-state index contributed by atoms with van der Waals surface area (Å²) in [5, 5.41) is 4.63. The zero-order valence-corrected chi connectivity index (χ0v) is 20.6. The lowest BCUT2D eigenvalue weighted by Gasteiger charge is -2.33. The summed E-state index contributed by atoms with van der Waals surface area (Å²) in [4.78, 5) is 23.2. The third-order valence-corrected chi connectivity index (χ3v) is 7.51. The van der Waals surface area contributed by atoms with Gasteiger partial charge in [-0.25, -0.2) is 4.98 Å². The molecule has 34 heavy (non-hydrogen) atoms. The van der Waals surface area contributed by atoms with E-state index in [2.05, 4.69) is 32.2 Å². The van der Waals surface area contributed by atoms with Crippen molar-refractivity contribution in [2.75, 3.05) is 67.7 Å². The Morgan fingerprint density at radius 3 is 2.29 bits per heavy atom. The molecular weight excluding hydrogens is 472 g/mol. The summed E-state index contributed by atoms with van der Waals surface area (Å²) in [5.74, 6) is -0.149. The van der Waals surface area contributed by atoms with E-state index in [4.69, 9.17) is 21.1 Å². The van der Waals surface area contributed by atoms with Gasteiger partial charge in [-0.2, -0.15) is 0 Å².